The Balaban J connectivity index is 2.16. The third-order valence-electron chi connectivity index (χ3n) is 3.48. The Labute approximate surface area is 116 Å². The van der Waals surface area contributed by atoms with E-state index in [2.05, 4.69) is 0 Å². The van der Waals surface area contributed by atoms with Gasteiger partial charge in [0.05, 0.1) is 5.54 Å². The Kier molecular flexibility index (Phi) is 3.37. The maximum Gasteiger partial charge on any atom is 0.410 e. The van der Waals surface area contributed by atoms with E-state index >= 15 is 0 Å². The lowest BCUT2D eigenvalue weighted by atomic mass is 9.93. The first kappa shape index (κ1) is 14.0. The molecule has 1 aliphatic carbocycles. The van der Waals surface area contributed by atoms with Crippen LogP contribution in [0.3, 0.4) is 0 Å². The van der Waals surface area contributed by atoms with Gasteiger partial charge in [-0.15, -0.1) is 0 Å². The molecule has 1 saturated carbocycles. The number of hydrogen-bond acceptors (Lipinski definition) is 2. The maximum absolute atomic E-state index is 12.2. The molecule has 1 amide bonds. The number of benzene rings is 1. The Bertz CT molecular complexity index is 472. The van der Waals surface area contributed by atoms with Crippen LogP contribution >= 0.6 is 0 Å². The van der Waals surface area contributed by atoms with Crippen molar-refractivity contribution >= 4 is 19.4 Å². The van der Waals surface area contributed by atoms with Crippen molar-refractivity contribution in [2.45, 2.75) is 44.8 Å². The second-order valence-electron chi connectivity index (χ2n) is 6.19. The topological polar surface area (TPSA) is 29.5 Å². The monoisotopic (exact) mass is 257 g/mol. The molecule has 0 atom stereocenters. The molecule has 0 unspecified atom stereocenters. The molecule has 1 aromatic rings. The van der Waals surface area contributed by atoms with Gasteiger partial charge in [0, 0.05) is 7.05 Å². The summed E-state index contributed by atoms with van der Waals surface area (Å²) >= 11 is 0. The van der Waals surface area contributed by atoms with Crippen LogP contribution in [0.1, 0.15) is 39.2 Å². The van der Waals surface area contributed by atoms with Gasteiger partial charge < -0.3 is 9.64 Å². The fourth-order valence-electron chi connectivity index (χ4n) is 2.23. The molecule has 19 heavy (non-hydrogen) atoms. The standard InChI is InChI=1S/C15H20BNO2/c1-14(2,3)19-13(18)17(4)15(9-10-15)11-5-7-12(16)8-6-11/h5-8H,9-10H2,1-4H3. The molecule has 0 saturated heterocycles. The number of carbonyl (C=O) groups excluding carboxylic acids is 1. The molecule has 0 N–H and O–H groups in total. The normalized spacial score (nSPS) is 16.8. The molecule has 0 bridgehead atoms. The highest BCUT2D eigenvalue weighted by Crippen LogP contribution is 2.50. The first-order valence-corrected chi connectivity index (χ1v) is 6.57. The molecule has 4 heteroatoms. The van der Waals surface area contributed by atoms with Gasteiger partial charge >= 0.3 is 6.09 Å². The second-order valence-corrected chi connectivity index (χ2v) is 6.19. The van der Waals surface area contributed by atoms with Gasteiger partial charge in [0.15, 0.2) is 0 Å². The van der Waals surface area contributed by atoms with E-state index in [-0.39, 0.29) is 11.6 Å². The summed E-state index contributed by atoms with van der Waals surface area (Å²) in [7, 11) is 7.51. The third-order valence-corrected chi connectivity index (χ3v) is 3.48. The molecule has 3 nitrogen and oxygen atoms in total. The Morgan fingerprint density at radius 3 is 2.21 bits per heavy atom. The van der Waals surface area contributed by atoms with Crippen molar-refractivity contribution in [1.82, 2.24) is 4.90 Å². The van der Waals surface area contributed by atoms with E-state index < -0.39 is 5.60 Å². The van der Waals surface area contributed by atoms with E-state index in [1.54, 1.807) is 11.9 Å². The Morgan fingerprint density at radius 2 is 1.79 bits per heavy atom. The average molecular weight is 257 g/mol. The fraction of sp³-hybridized carbons (Fsp3) is 0.533. The lowest BCUT2D eigenvalue weighted by molar-refractivity contribution is 0.0190. The summed E-state index contributed by atoms with van der Waals surface area (Å²) < 4.78 is 5.43. The highest BCUT2D eigenvalue weighted by molar-refractivity contribution is 6.32. The minimum absolute atomic E-state index is 0.212. The van der Waals surface area contributed by atoms with Gasteiger partial charge in [-0.25, -0.2) is 4.79 Å². The zero-order chi connectivity index (χ0) is 14.3. The minimum atomic E-state index is -0.470. The first-order chi connectivity index (χ1) is 8.74. The zero-order valence-corrected chi connectivity index (χ0v) is 12.1. The third kappa shape index (κ3) is 2.94. The maximum atomic E-state index is 12.2. The number of rotatable bonds is 2. The predicted octanol–water partition coefficient (Wildman–Crippen LogP) is 2.34. The molecule has 0 aliphatic heterocycles. The van der Waals surface area contributed by atoms with Crippen LogP contribution in [0.2, 0.25) is 0 Å². The first-order valence-electron chi connectivity index (χ1n) is 6.57. The van der Waals surface area contributed by atoms with Crippen molar-refractivity contribution in [1.29, 1.82) is 0 Å². The summed E-state index contributed by atoms with van der Waals surface area (Å²) in [6.45, 7) is 5.63. The fourth-order valence-corrected chi connectivity index (χ4v) is 2.23. The molecular weight excluding hydrogens is 237 g/mol. The molecule has 1 fully saturated rings. The summed E-state index contributed by atoms with van der Waals surface area (Å²) in [4.78, 5) is 13.9. The molecule has 1 aliphatic rings. The molecule has 2 radical (unpaired) electrons. The quantitative estimate of drug-likeness (QED) is 0.761. The molecule has 1 aromatic carbocycles. The van der Waals surface area contributed by atoms with Crippen LogP contribution in [-0.2, 0) is 10.3 Å². The second kappa shape index (κ2) is 4.59. The smallest absolute Gasteiger partial charge is 0.410 e. The van der Waals surface area contributed by atoms with Gasteiger partial charge in [-0.05, 0) is 39.2 Å². The average Bonchev–Trinajstić information content (AvgIpc) is 3.08. The lowest BCUT2D eigenvalue weighted by Gasteiger charge is -2.31. The lowest BCUT2D eigenvalue weighted by Crippen LogP contribution is -2.41. The number of nitrogens with zero attached hydrogens (tertiary/aromatic N) is 1. The van der Waals surface area contributed by atoms with Gasteiger partial charge in [-0.3, -0.25) is 0 Å². The number of carbonyl (C=O) groups is 1. The van der Waals surface area contributed by atoms with Crippen LogP contribution in [0.5, 0.6) is 0 Å². The van der Waals surface area contributed by atoms with Gasteiger partial charge in [0.2, 0.25) is 0 Å². The predicted molar refractivity (Wildman–Crippen MR) is 76.7 cm³/mol. The summed E-state index contributed by atoms with van der Waals surface area (Å²) in [5.41, 5.74) is 1.17. The summed E-state index contributed by atoms with van der Waals surface area (Å²) in [5.74, 6) is 0. The summed E-state index contributed by atoms with van der Waals surface area (Å²) in [5, 5.41) is 0. The van der Waals surface area contributed by atoms with Gasteiger partial charge in [-0.1, -0.05) is 29.7 Å². The Morgan fingerprint density at radius 1 is 1.26 bits per heavy atom. The van der Waals surface area contributed by atoms with Gasteiger partial charge in [-0.2, -0.15) is 0 Å². The summed E-state index contributed by atoms with van der Waals surface area (Å²) in [6.07, 6.45) is 1.65. The van der Waals surface area contributed by atoms with Crippen molar-refractivity contribution in [3.8, 4) is 0 Å². The number of amides is 1. The van der Waals surface area contributed by atoms with Crippen LogP contribution in [0.25, 0.3) is 0 Å². The van der Waals surface area contributed by atoms with E-state index in [0.717, 1.165) is 23.9 Å². The minimum Gasteiger partial charge on any atom is -0.444 e. The Hall–Kier alpha value is -1.45. The van der Waals surface area contributed by atoms with E-state index in [1.807, 2.05) is 45.0 Å². The van der Waals surface area contributed by atoms with E-state index in [4.69, 9.17) is 12.6 Å². The number of hydrogen-bond donors (Lipinski definition) is 0. The van der Waals surface area contributed by atoms with Gasteiger partial charge in [0.1, 0.15) is 13.4 Å². The van der Waals surface area contributed by atoms with Crippen molar-refractivity contribution in [2.24, 2.45) is 0 Å². The van der Waals surface area contributed by atoms with E-state index in [0.29, 0.717) is 0 Å². The molecule has 0 aromatic heterocycles. The van der Waals surface area contributed by atoms with Crippen molar-refractivity contribution in [2.75, 3.05) is 7.05 Å². The molecule has 0 spiro atoms. The van der Waals surface area contributed by atoms with E-state index in [1.165, 1.54) is 0 Å². The molecule has 100 valence electrons. The van der Waals surface area contributed by atoms with Crippen molar-refractivity contribution < 1.29 is 9.53 Å². The highest BCUT2D eigenvalue weighted by Gasteiger charge is 2.50. The van der Waals surface area contributed by atoms with E-state index in [9.17, 15) is 4.79 Å². The van der Waals surface area contributed by atoms with Crippen LogP contribution in [0.15, 0.2) is 24.3 Å². The van der Waals surface area contributed by atoms with Crippen molar-refractivity contribution in [3.05, 3.63) is 29.8 Å². The molecular formula is C15H20BNO2. The SMILES string of the molecule is [B]c1ccc(C2(N(C)C(=O)OC(C)(C)C)CC2)cc1. The molecule has 0 heterocycles. The number of ether oxygens (including phenoxy) is 1. The van der Waals surface area contributed by atoms with Gasteiger partial charge in [0.25, 0.3) is 0 Å². The molecule has 2 rings (SSSR count). The largest absolute Gasteiger partial charge is 0.444 e. The van der Waals surface area contributed by atoms with Crippen LogP contribution in [0, 0.1) is 0 Å². The van der Waals surface area contributed by atoms with Crippen molar-refractivity contribution in [3.63, 3.8) is 0 Å². The highest BCUT2D eigenvalue weighted by atomic mass is 16.6. The zero-order valence-electron chi connectivity index (χ0n) is 12.1. The summed E-state index contributed by atoms with van der Waals surface area (Å²) in [6, 6.07) is 7.73. The van der Waals surface area contributed by atoms with Crippen LogP contribution in [0.4, 0.5) is 4.79 Å². The van der Waals surface area contributed by atoms with Crippen LogP contribution < -0.4 is 5.46 Å². The van der Waals surface area contributed by atoms with Crippen LogP contribution in [-0.4, -0.2) is 31.5 Å².